The molecular formula is C24H23F3N2O2. The number of alkyl halides is 3. The Balaban J connectivity index is 1.51. The molecule has 0 radical (unpaired) electrons. The molecule has 0 fully saturated rings. The number of carbonyl (C=O) groups is 1. The van der Waals surface area contributed by atoms with Crippen LogP contribution in [0.4, 0.5) is 23.7 Å². The first kappa shape index (κ1) is 21.0. The molecule has 31 heavy (non-hydrogen) atoms. The van der Waals surface area contributed by atoms with E-state index in [0.717, 1.165) is 34.9 Å². The topological polar surface area (TPSA) is 50.4 Å². The minimum atomic E-state index is -4.45. The number of fused-ring (bicyclic) bond motifs is 2. The monoisotopic (exact) mass is 428 g/mol. The number of carbonyl (C=O) groups excluding carboxylic acids is 1. The number of amides is 1. The maximum Gasteiger partial charge on any atom is 0.416 e. The second-order valence-electron chi connectivity index (χ2n) is 7.70. The zero-order valence-corrected chi connectivity index (χ0v) is 17.0. The van der Waals surface area contributed by atoms with Gasteiger partial charge >= 0.3 is 12.3 Å². The van der Waals surface area contributed by atoms with E-state index in [2.05, 4.69) is 10.6 Å². The van der Waals surface area contributed by atoms with Gasteiger partial charge in [0.1, 0.15) is 6.61 Å². The molecule has 7 heteroatoms. The lowest BCUT2D eigenvalue weighted by Gasteiger charge is -2.33. The van der Waals surface area contributed by atoms with Crippen molar-refractivity contribution in [3.63, 3.8) is 0 Å². The van der Waals surface area contributed by atoms with Crippen molar-refractivity contribution in [3.8, 4) is 0 Å². The van der Waals surface area contributed by atoms with Crippen LogP contribution in [0.5, 0.6) is 0 Å². The van der Waals surface area contributed by atoms with E-state index >= 15 is 0 Å². The van der Waals surface area contributed by atoms with Gasteiger partial charge in [0.15, 0.2) is 0 Å². The lowest BCUT2D eigenvalue weighted by Crippen LogP contribution is -2.37. The van der Waals surface area contributed by atoms with Crippen LogP contribution in [0.2, 0.25) is 0 Å². The number of ether oxygens (including phenoxy) is 1. The predicted molar refractivity (Wildman–Crippen MR) is 114 cm³/mol. The van der Waals surface area contributed by atoms with Gasteiger partial charge in [0.05, 0.1) is 11.6 Å². The molecule has 1 amide bonds. The van der Waals surface area contributed by atoms with E-state index in [0.29, 0.717) is 17.7 Å². The molecular weight excluding hydrogens is 405 g/mol. The maximum atomic E-state index is 13.2. The Bertz CT molecular complexity index is 1090. The molecule has 4 rings (SSSR count). The summed E-state index contributed by atoms with van der Waals surface area (Å²) in [5, 5.41) is 8.05. The molecule has 1 aliphatic heterocycles. The average molecular weight is 428 g/mol. The lowest BCUT2D eigenvalue weighted by atomic mass is 9.90. The van der Waals surface area contributed by atoms with E-state index in [1.165, 1.54) is 6.07 Å². The fourth-order valence-electron chi connectivity index (χ4n) is 4.00. The quantitative estimate of drug-likeness (QED) is 0.504. The first-order valence-electron chi connectivity index (χ1n) is 10.2. The van der Waals surface area contributed by atoms with E-state index in [9.17, 15) is 18.0 Å². The molecule has 4 nitrogen and oxygen atoms in total. The SMILES string of the molecule is CC[C@@H]1C[C@H](NC(=O)OCc2cccc3ccccc23)c2cc(C(F)(F)F)ccc2N1. The van der Waals surface area contributed by atoms with Gasteiger partial charge in [-0.05, 0) is 52.9 Å². The Kier molecular flexibility index (Phi) is 5.76. The number of hydrogen-bond acceptors (Lipinski definition) is 3. The molecule has 0 unspecified atom stereocenters. The van der Waals surface area contributed by atoms with Crippen LogP contribution in [-0.4, -0.2) is 12.1 Å². The highest BCUT2D eigenvalue weighted by Gasteiger charge is 2.34. The zero-order valence-electron chi connectivity index (χ0n) is 17.0. The molecule has 1 aliphatic rings. The normalized spacial score (nSPS) is 18.2. The summed E-state index contributed by atoms with van der Waals surface area (Å²) < 4.78 is 45.0. The summed E-state index contributed by atoms with van der Waals surface area (Å²) in [7, 11) is 0. The van der Waals surface area contributed by atoms with E-state index in [1.807, 2.05) is 49.4 Å². The number of halogens is 3. The summed E-state index contributed by atoms with van der Waals surface area (Å²) in [6.45, 7) is 2.06. The molecule has 0 aliphatic carbocycles. The maximum absolute atomic E-state index is 13.2. The van der Waals surface area contributed by atoms with Gasteiger partial charge in [0.2, 0.25) is 0 Å². The largest absolute Gasteiger partial charge is 0.445 e. The fourth-order valence-corrected chi connectivity index (χ4v) is 4.00. The molecule has 0 bridgehead atoms. The van der Waals surface area contributed by atoms with Crippen molar-refractivity contribution in [2.45, 2.75) is 44.6 Å². The van der Waals surface area contributed by atoms with Crippen molar-refractivity contribution in [1.29, 1.82) is 0 Å². The molecule has 0 spiro atoms. The van der Waals surface area contributed by atoms with Gasteiger partial charge in [-0.2, -0.15) is 13.2 Å². The van der Waals surface area contributed by atoms with Crippen LogP contribution in [0, 0.1) is 0 Å². The molecule has 162 valence electrons. The van der Waals surface area contributed by atoms with Gasteiger partial charge in [0.25, 0.3) is 0 Å². The van der Waals surface area contributed by atoms with Gasteiger partial charge in [-0.15, -0.1) is 0 Å². The Morgan fingerprint density at radius 2 is 1.90 bits per heavy atom. The van der Waals surface area contributed by atoms with Gasteiger partial charge in [0, 0.05) is 11.7 Å². The number of rotatable bonds is 4. The van der Waals surface area contributed by atoms with Gasteiger partial charge < -0.3 is 15.4 Å². The Labute approximate surface area is 178 Å². The van der Waals surface area contributed by atoms with Gasteiger partial charge in [-0.1, -0.05) is 49.4 Å². The predicted octanol–water partition coefficient (Wildman–Crippen LogP) is 6.42. The number of alkyl carbamates (subject to hydrolysis) is 1. The standard InChI is InChI=1S/C24H23F3N2O2/c1-2-18-13-22(20-12-17(24(25,26)27)10-11-21(20)28-18)29-23(30)31-14-16-8-5-7-15-6-3-4-9-19(15)16/h3-12,18,22,28H,2,13-14H2,1H3,(H,29,30)/t18-,22+/m1/s1. The molecule has 1 heterocycles. The summed E-state index contributed by atoms with van der Waals surface area (Å²) in [5.74, 6) is 0. The third kappa shape index (κ3) is 4.60. The molecule has 0 aromatic heterocycles. The van der Waals surface area contributed by atoms with Crippen molar-refractivity contribution >= 4 is 22.6 Å². The minimum absolute atomic E-state index is 0.0487. The molecule has 0 saturated heterocycles. The summed E-state index contributed by atoms with van der Waals surface area (Å²) in [6.07, 6.45) is -3.84. The summed E-state index contributed by atoms with van der Waals surface area (Å²) in [6, 6.07) is 16.6. The smallest absolute Gasteiger partial charge is 0.416 e. The van der Waals surface area contributed by atoms with Crippen LogP contribution in [0.15, 0.2) is 60.7 Å². The van der Waals surface area contributed by atoms with Gasteiger partial charge in [-0.25, -0.2) is 4.79 Å². The number of benzene rings is 3. The molecule has 2 atom stereocenters. The second kappa shape index (κ2) is 8.49. The fraction of sp³-hybridized carbons (Fsp3) is 0.292. The van der Waals surface area contributed by atoms with E-state index in [4.69, 9.17) is 4.74 Å². The molecule has 3 aromatic carbocycles. The van der Waals surface area contributed by atoms with Gasteiger partial charge in [-0.3, -0.25) is 0 Å². The lowest BCUT2D eigenvalue weighted by molar-refractivity contribution is -0.137. The van der Waals surface area contributed by atoms with Crippen molar-refractivity contribution < 1.29 is 22.7 Å². The highest BCUT2D eigenvalue weighted by molar-refractivity contribution is 5.85. The number of hydrogen-bond donors (Lipinski definition) is 2. The third-order valence-electron chi connectivity index (χ3n) is 5.66. The number of nitrogens with one attached hydrogen (secondary N) is 2. The Morgan fingerprint density at radius 1 is 1.13 bits per heavy atom. The average Bonchev–Trinajstić information content (AvgIpc) is 2.76. The second-order valence-corrected chi connectivity index (χ2v) is 7.70. The Morgan fingerprint density at radius 3 is 2.68 bits per heavy atom. The highest BCUT2D eigenvalue weighted by atomic mass is 19.4. The van der Waals surface area contributed by atoms with Crippen molar-refractivity contribution in [2.75, 3.05) is 5.32 Å². The van der Waals surface area contributed by atoms with Crippen LogP contribution in [0.25, 0.3) is 10.8 Å². The molecule has 0 saturated carbocycles. The summed E-state index contributed by atoms with van der Waals surface area (Å²) >= 11 is 0. The van der Waals surface area contributed by atoms with Crippen LogP contribution in [-0.2, 0) is 17.5 Å². The van der Waals surface area contributed by atoms with E-state index < -0.39 is 23.9 Å². The minimum Gasteiger partial charge on any atom is -0.445 e. The van der Waals surface area contributed by atoms with Crippen LogP contribution in [0.3, 0.4) is 0 Å². The van der Waals surface area contributed by atoms with Crippen molar-refractivity contribution in [3.05, 3.63) is 77.4 Å². The van der Waals surface area contributed by atoms with Crippen LogP contribution in [0.1, 0.15) is 42.5 Å². The highest BCUT2D eigenvalue weighted by Crippen LogP contribution is 2.38. The van der Waals surface area contributed by atoms with Crippen LogP contribution >= 0.6 is 0 Å². The Hall–Kier alpha value is -3.22. The van der Waals surface area contributed by atoms with Crippen molar-refractivity contribution in [1.82, 2.24) is 5.32 Å². The van der Waals surface area contributed by atoms with Crippen LogP contribution < -0.4 is 10.6 Å². The first-order valence-corrected chi connectivity index (χ1v) is 10.2. The number of anilines is 1. The molecule has 2 N–H and O–H groups in total. The van der Waals surface area contributed by atoms with E-state index in [1.54, 1.807) is 0 Å². The third-order valence-corrected chi connectivity index (χ3v) is 5.66. The first-order chi connectivity index (χ1) is 14.8. The van der Waals surface area contributed by atoms with E-state index in [-0.39, 0.29) is 12.6 Å². The summed E-state index contributed by atoms with van der Waals surface area (Å²) in [5.41, 5.74) is 1.15. The zero-order chi connectivity index (χ0) is 22.0. The van der Waals surface area contributed by atoms with Crippen molar-refractivity contribution in [2.24, 2.45) is 0 Å². The molecule has 3 aromatic rings. The summed E-state index contributed by atoms with van der Waals surface area (Å²) in [4.78, 5) is 12.5.